The Morgan fingerprint density at radius 1 is 1.47 bits per heavy atom. The molecule has 82 valence electrons. The zero-order valence-corrected chi connectivity index (χ0v) is 9.20. The van der Waals surface area contributed by atoms with E-state index < -0.39 is 11.5 Å². The Labute approximate surface area is 88.2 Å². The van der Waals surface area contributed by atoms with Crippen molar-refractivity contribution in [2.45, 2.75) is 33.7 Å². The summed E-state index contributed by atoms with van der Waals surface area (Å²) in [7, 11) is 0. The minimum absolute atomic E-state index is 0.108. The third kappa shape index (κ3) is 2.09. The minimum Gasteiger partial charge on any atom is -0.477 e. The summed E-state index contributed by atoms with van der Waals surface area (Å²) in [6.07, 6.45) is 2.52. The lowest BCUT2D eigenvalue weighted by molar-refractivity contribution is 0.0693. The molecule has 1 heterocycles. The molecule has 0 aliphatic carbocycles. The second-order valence-corrected chi connectivity index (χ2v) is 3.62. The van der Waals surface area contributed by atoms with Gasteiger partial charge in [-0.25, -0.2) is 4.79 Å². The average Bonchev–Trinajstić information content (AvgIpc) is 2.14. The van der Waals surface area contributed by atoms with Gasteiger partial charge in [0.2, 0.25) is 0 Å². The Morgan fingerprint density at radius 3 is 2.53 bits per heavy atom. The van der Waals surface area contributed by atoms with Gasteiger partial charge in [0.15, 0.2) is 0 Å². The van der Waals surface area contributed by atoms with Gasteiger partial charge in [-0.2, -0.15) is 0 Å². The van der Waals surface area contributed by atoms with Crippen LogP contribution in [0.25, 0.3) is 0 Å². The van der Waals surface area contributed by atoms with Gasteiger partial charge in [-0.05, 0) is 31.4 Å². The van der Waals surface area contributed by atoms with Gasteiger partial charge in [0, 0.05) is 12.7 Å². The molecular formula is C11H15NO3. The fraction of sp³-hybridized carbons (Fsp3) is 0.455. The van der Waals surface area contributed by atoms with Crippen LogP contribution in [0.3, 0.4) is 0 Å². The molecule has 0 aliphatic rings. The van der Waals surface area contributed by atoms with Crippen molar-refractivity contribution < 1.29 is 9.90 Å². The molecule has 1 aromatic heterocycles. The van der Waals surface area contributed by atoms with Crippen molar-refractivity contribution in [3.63, 3.8) is 0 Å². The van der Waals surface area contributed by atoms with Gasteiger partial charge in [0.05, 0.1) is 0 Å². The average molecular weight is 209 g/mol. The molecule has 0 spiro atoms. The van der Waals surface area contributed by atoms with Crippen molar-refractivity contribution in [1.29, 1.82) is 0 Å². The van der Waals surface area contributed by atoms with Gasteiger partial charge in [-0.15, -0.1) is 0 Å². The smallest absolute Gasteiger partial charge is 0.341 e. The van der Waals surface area contributed by atoms with E-state index in [9.17, 15) is 9.59 Å². The number of pyridine rings is 1. The van der Waals surface area contributed by atoms with Gasteiger partial charge in [-0.1, -0.05) is 6.92 Å². The van der Waals surface area contributed by atoms with Crippen LogP contribution in [-0.2, 0) is 6.54 Å². The standard InChI is InChI=1S/C11H15NO3/c1-4-5-12-6-7(2)8(3)9(10(12)13)11(14)15/h6H,4-5H2,1-3H3,(H,14,15). The summed E-state index contributed by atoms with van der Waals surface area (Å²) in [4.78, 5) is 22.7. The SMILES string of the molecule is CCCn1cc(C)c(C)c(C(=O)O)c1=O. The molecule has 4 heteroatoms. The summed E-state index contributed by atoms with van der Waals surface area (Å²) in [5.74, 6) is -1.15. The number of rotatable bonds is 3. The first-order valence-electron chi connectivity index (χ1n) is 4.93. The largest absolute Gasteiger partial charge is 0.477 e. The van der Waals surface area contributed by atoms with E-state index in [0.29, 0.717) is 12.1 Å². The highest BCUT2D eigenvalue weighted by Crippen LogP contribution is 2.08. The molecule has 4 nitrogen and oxygen atoms in total. The highest BCUT2D eigenvalue weighted by atomic mass is 16.4. The van der Waals surface area contributed by atoms with E-state index in [1.165, 1.54) is 4.57 Å². The molecule has 0 saturated heterocycles. The molecule has 1 aromatic rings. The predicted molar refractivity (Wildman–Crippen MR) is 57.4 cm³/mol. The van der Waals surface area contributed by atoms with Gasteiger partial charge in [0.25, 0.3) is 5.56 Å². The van der Waals surface area contributed by atoms with Crippen molar-refractivity contribution in [3.8, 4) is 0 Å². The molecular weight excluding hydrogens is 194 g/mol. The topological polar surface area (TPSA) is 59.3 Å². The van der Waals surface area contributed by atoms with E-state index in [1.807, 2.05) is 13.8 Å². The first-order valence-corrected chi connectivity index (χ1v) is 4.93. The van der Waals surface area contributed by atoms with E-state index in [0.717, 1.165) is 12.0 Å². The molecule has 0 aromatic carbocycles. The summed E-state index contributed by atoms with van der Waals surface area (Å²) >= 11 is 0. The van der Waals surface area contributed by atoms with E-state index in [1.54, 1.807) is 13.1 Å². The molecule has 0 unspecified atom stereocenters. The number of aromatic carboxylic acids is 1. The zero-order valence-electron chi connectivity index (χ0n) is 9.20. The molecule has 0 fully saturated rings. The Bertz CT molecular complexity index is 446. The Kier molecular flexibility index (Phi) is 3.29. The van der Waals surface area contributed by atoms with Crippen LogP contribution in [0.15, 0.2) is 11.0 Å². The van der Waals surface area contributed by atoms with Crippen LogP contribution in [0, 0.1) is 13.8 Å². The predicted octanol–water partition coefficient (Wildman–Crippen LogP) is 1.57. The number of aromatic nitrogens is 1. The second kappa shape index (κ2) is 4.29. The van der Waals surface area contributed by atoms with E-state index in [2.05, 4.69) is 0 Å². The van der Waals surface area contributed by atoms with Crippen molar-refractivity contribution in [2.75, 3.05) is 0 Å². The summed E-state index contributed by atoms with van der Waals surface area (Å²) < 4.78 is 1.46. The van der Waals surface area contributed by atoms with E-state index in [-0.39, 0.29) is 5.56 Å². The lowest BCUT2D eigenvalue weighted by Crippen LogP contribution is -2.28. The molecule has 0 aliphatic heterocycles. The van der Waals surface area contributed by atoms with Crippen molar-refractivity contribution in [2.24, 2.45) is 0 Å². The van der Waals surface area contributed by atoms with Gasteiger partial charge >= 0.3 is 5.97 Å². The molecule has 15 heavy (non-hydrogen) atoms. The van der Waals surface area contributed by atoms with Crippen molar-refractivity contribution in [3.05, 3.63) is 33.2 Å². The van der Waals surface area contributed by atoms with Crippen LogP contribution < -0.4 is 5.56 Å². The summed E-state index contributed by atoms with van der Waals surface area (Å²) in [6.45, 7) is 5.98. The van der Waals surface area contributed by atoms with Crippen molar-refractivity contribution >= 4 is 5.97 Å². The lowest BCUT2D eigenvalue weighted by atomic mass is 10.1. The summed E-state index contributed by atoms with van der Waals surface area (Å²) in [6, 6.07) is 0. The van der Waals surface area contributed by atoms with E-state index >= 15 is 0 Å². The highest BCUT2D eigenvalue weighted by Gasteiger charge is 2.16. The molecule has 0 bridgehead atoms. The molecule has 0 atom stereocenters. The fourth-order valence-electron chi connectivity index (χ4n) is 1.55. The quantitative estimate of drug-likeness (QED) is 0.822. The number of carbonyl (C=O) groups is 1. The van der Waals surface area contributed by atoms with Crippen LogP contribution >= 0.6 is 0 Å². The third-order valence-electron chi connectivity index (χ3n) is 2.47. The van der Waals surface area contributed by atoms with E-state index in [4.69, 9.17) is 5.11 Å². The maximum absolute atomic E-state index is 11.8. The Morgan fingerprint density at radius 2 is 2.07 bits per heavy atom. The number of nitrogens with zero attached hydrogens (tertiary/aromatic N) is 1. The van der Waals surface area contributed by atoms with Gasteiger partial charge in [0.1, 0.15) is 5.56 Å². The highest BCUT2D eigenvalue weighted by molar-refractivity contribution is 5.89. The molecule has 0 radical (unpaired) electrons. The molecule has 0 amide bonds. The normalized spacial score (nSPS) is 10.3. The zero-order chi connectivity index (χ0) is 11.6. The molecule has 0 saturated carbocycles. The van der Waals surface area contributed by atoms with Crippen molar-refractivity contribution in [1.82, 2.24) is 4.57 Å². The number of carboxylic acids is 1. The minimum atomic E-state index is -1.15. The second-order valence-electron chi connectivity index (χ2n) is 3.62. The summed E-state index contributed by atoms with van der Waals surface area (Å²) in [5.41, 5.74) is 0.871. The summed E-state index contributed by atoms with van der Waals surface area (Å²) in [5, 5.41) is 8.95. The maximum Gasteiger partial charge on any atom is 0.341 e. The molecule has 1 rings (SSSR count). The fourth-order valence-corrected chi connectivity index (χ4v) is 1.55. The monoisotopic (exact) mass is 209 g/mol. The number of hydrogen-bond acceptors (Lipinski definition) is 2. The number of carboxylic acid groups (broad SMARTS) is 1. The Hall–Kier alpha value is -1.58. The van der Waals surface area contributed by atoms with Crippen LogP contribution in [0.4, 0.5) is 0 Å². The van der Waals surface area contributed by atoms with Crippen LogP contribution in [-0.4, -0.2) is 15.6 Å². The lowest BCUT2D eigenvalue weighted by Gasteiger charge is -2.10. The first kappa shape index (κ1) is 11.5. The third-order valence-corrected chi connectivity index (χ3v) is 2.47. The number of hydrogen-bond donors (Lipinski definition) is 1. The van der Waals surface area contributed by atoms with Gasteiger partial charge in [-0.3, -0.25) is 4.79 Å². The maximum atomic E-state index is 11.8. The first-order chi connectivity index (χ1) is 6.99. The molecule has 1 N–H and O–H groups in total. The van der Waals surface area contributed by atoms with Crippen LogP contribution in [0.2, 0.25) is 0 Å². The Balaban J connectivity index is 3.49. The van der Waals surface area contributed by atoms with Crippen LogP contribution in [0.1, 0.15) is 34.8 Å². The number of aryl methyl sites for hydroxylation is 2. The van der Waals surface area contributed by atoms with Crippen LogP contribution in [0.5, 0.6) is 0 Å². The van der Waals surface area contributed by atoms with Gasteiger partial charge < -0.3 is 9.67 Å².